The van der Waals surface area contributed by atoms with E-state index in [1.165, 1.54) is 10.5 Å². The molecule has 14 heavy (non-hydrogen) atoms. The number of amides is 1. The van der Waals surface area contributed by atoms with Gasteiger partial charge in [-0.2, -0.15) is 0 Å². The quantitative estimate of drug-likeness (QED) is 0.697. The molecule has 1 N–H and O–H groups in total. The fourth-order valence-electron chi connectivity index (χ4n) is 1.99. The molecule has 0 radical (unpaired) electrons. The normalized spacial score (nSPS) is 28.1. The van der Waals surface area contributed by atoms with E-state index in [9.17, 15) is 4.79 Å². The van der Waals surface area contributed by atoms with E-state index in [1.54, 1.807) is 18.0 Å². The molecule has 2 heterocycles. The average Bonchev–Trinajstić information content (AvgIpc) is 2.57. The zero-order valence-electron chi connectivity index (χ0n) is 7.44. The Labute approximate surface area is 86.4 Å². The topological polar surface area (TPSA) is 29.1 Å². The summed E-state index contributed by atoms with van der Waals surface area (Å²) in [4.78, 5) is 12.9. The Morgan fingerprint density at radius 3 is 3.07 bits per heavy atom. The van der Waals surface area contributed by atoms with Gasteiger partial charge < -0.3 is 5.32 Å². The van der Waals surface area contributed by atoms with Gasteiger partial charge in [0.15, 0.2) is 0 Å². The van der Waals surface area contributed by atoms with Crippen LogP contribution in [0.5, 0.6) is 0 Å². The number of nitrogens with one attached hydrogen (secondary N) is 1. The van der Waals surface area contributed by atoms with Crippen LogP contribution in [0.1, 0.15) is 11.5 Å². The lowest BCUT2D eigenvalue weighted by molar-refractivity contribution is -0.121. The van der Waals surface area contributed by atoms with Gasteiger partial charge in [0.1, 0.15) is 0 Å². The van der Waals surface area contributed by atoms with Crippen LogP contribution in [0.3, 0.4) is 0 Å². The van der Waals surface area contributed by atoms with E-state index in [1.807, 2.05) is 18.2 Å². The lowest BCUT2D eigenvalue weighted by atomic mass is 9.93. The molecule has 0 fully saturated rings. The number of fused-ring (bicyclic) bond motifs is 3. The second kappa shape index (κ2) is 2.89. The monoisotopic (exact) mass is 203 g/mol. The minimum Gasteiger partial charge on any atom is -0.332 e. The number of benzene rings is 1. The highest BCUT2D eigenvalue weighted by Gasteiger charge is 2.38. The van der Waals surface area contributed by atoms with Gasteiger partial charge in [-0.15, -0.1) is 11.8 Å². The molecule has 70 valence electrons. The highest BCUT2D eigenvalue weighted by molar-refractivity contribution is 8.00. The Morgan fingerprint density at radius 1 is 1.29 bits per heavy atom. The standard InChI is InChI=1S/C11H9NOS/c13-11-10-7-3-1-2-4-8(7)14-9(10)5-6-12-11/h1-6,9-10H,(H,12,13). The minimum atomic E-state index is 0.0150. The minimum absolute atomic E-state index is 0.0150. The van der Waals surface area contributed by atoms with Crippen molar-refractivity contribution >= 4 is 17.7 Å². The summed E-state index contributed by atoms with van der Waals surface area (Å²) < 4.78 is 0. The molecule has 1 aromatic rings. The van der Waals surface area contributed by atoms with Crippen LogP contribution < -0.4 is 5.32 Å². The molecule has 0 spiro atoms. The maximum absolute atomic E-state index is 11.7. The van der Waals surface area contributed by atoms with Crippen molar-refractivity contribution in [2.75, 3.05) is 0 Å². The summed E-state index contributed by atoms with van der Waals surface area (Å²) in [6.45, 7) is 0. The molecule has 1 aromatic carbocycles. The van der Waals surface area contributed by atoms with Crippen molar-refractivity contribution in [1.29, 1.82) is 0 Å². The zero-order valence-corrected chi connectivity index (χ0v) is 8.25. The molecule has 2 unspecified atom stereocenters. The van der Waals surface area contributed by atoms with Gasteiger partial charge in [-0.25, -0.2) is 0 Å². The largest absolute Gasteiger partial charge is 0.332 e. The van der Waals surface area contributed by atoms with E-state index in [4.69, 9.17) is 0 Å². The summed E-state index contributed by atoms with van der Waals surface area (Å²) in [6.07, 6.45) is 3.82. The van der Waals surface area contributed by atoms with Crippen LogP contribution in [0.2, 0.25) is 0 Å². The summed E-state index contributed by atoms with van der Waals surface area (Å²) in [7, 11) is 0. The van der Waals surface area contributed by atoms with Gasteiger partial charge in [0.2, 0.25) is 5.91 Å². The number of carbonyl (C=O) groups is 1. The van der Waals surface area contributed by atoms with Crippen LogP contribution in [0.25, 0.3) is 0 Å². The Morgan fingerprint density at radius 2 is 2.14 bits per heavy atom. The molecule has 3 rings (SSSR count). The Hall–Kier alpha value is -1.22. The number of thioether (sulfide) groups is 1. The molecule has 0 aliphatic carbocycles. The van der Waals surface area contributed by atoms with Crippen LogP contribution in [-0.4, -0.2) is 11.2 Å². The molecule has 3 heteroatoms. The Balaban J connectivity index is 2.13. The Kier molecular flexibility index (Phi) is 1.67. The van der Waals surface area contributed by atoms with Gasteiger partial charge in [0, 0.05) is 16.3 Å². The molecule has 0 bridgehead atoms. The summed E-state index contributed by atoms with van der Waals surface area (Å²) >= 11 is 1.78. The van der Waals surface area contributed by atoms with Crippen LogP contribution in [-0.2, 0) is 4.79 Å². The van der Waals surface area contributed by atoms with Crippen LogP contribution >= 0.6 is 11.8 Å². The fraction of sp³-hybridized carbons (Fsp3) is 0.182. The lowest BCUT2D eigenvalue weighted by Crippen LogP contribution is -2.32. The van der Waals surface area contributed by atoms with E-state index >= 15 is 0 Å². The number of hydrogen-bond donors (Lipinski definition) is 1. The van der Waals surface area contributed by atoms with Crippen LogP contribution in [0.15, 0.2) is 41.4 Å². The van der Waals surface area contributed by atoms with Gasteiger partial charge in [0.05, 0.1) is 5.92 Å². The van der Waals surface area contributed by atoms with Crippen molar-refractivity contribution in [1.82, 2.24) is 5.32 Å². The van der Waals surface area contributed by atoms with Crippen LogP contribution in [0.4, 0.5) is 0 Å². The van der Waals surface area contributed by atoms with Gasteiger partial charge in [0.25, 0.3) is 0 Å². The number of carbonyl (C=O) groups excluding carboxylic acids is 1. The smallest absolute Gasteiger partial charge is 0.232 e. The molecule has 2 aliphatic heterocycles. The first-order valence-electron chi connectivity index (χ1n) is 4.59. The second-order valence-corrected chi connectivity index (χ2v) is 4.69. The highest BCUT2D eigenvalue weighted by atomic mass is 32.2. The van der Waals surface area contributed by atoms with Crippen molar-refractivity contribution in [2.45, 2.75) is 16.1 Å². The summed E-state index contributed by atoms with van der Waals surface area (Å²) in [5.41, 5.74) is 1.17. The summed E-state index contributed by atoms with van der Waals surface area (Å²) in [5, 5.41) is 3.05. The van der Waals surface area contributed by atoms with Crippen LogP contribution in [0, 0.1) is 0 Å². The fourth-order valence-corrected chi connectivity index (χ4v) is 3.34. The first-order valence-corrected chi connectivity index (χ1v) is 5.47. The third kappa shape index (κ3) is 1.02. The summed E-state index contributed by atoms with van der Waals surface area (Å²) in [6, 6.07) is 8.14. The van der Waals surface area contributed by atoms with E-state index in [-0.39, 0.29) is 11.8 Å². The second-order valence-electron chi connectivity index (χ2n) is 3.47. The maximum Gasteiger partial charge on any atom is 0.232 e. The van der Waals surface area contributed by atoms with Gasteiger partial charge in [-0.05, 0) is 11.6 Å². The highest BCUT2D eigenvalue weighted by Crippen LogP contribution is 2.46. The zero-order chi connectivity index (χ0) is 9.54. The molecule has 0 saturated heterocycles. The molecule has 0 saturated carbocycles. The van der Waals surface area contributed by atoms with Gasteiger partial charge >= 0.3 is 0 Å². The van der Waals surface area contributed by atoms with Gasteiger partial charge in [-0.3, -0.25) is 4.79 Å². The molecule has 2 atom stereocenters. The third-order valence-electron chi connectivity index (χ3n) is 2.64. The first kappa shape index (κ1) is 8.12. The molecular weight excluding hydrogens is 194 g/mol. The van der Waals surface area contributed by atoms with Crippen molar-refractivity contribution in [2.24, 2.45) is 0 Å². The van der Waals surface area contributed by atoms with Crippen molar-refractivity contribution in [3.63, 3.8) is 0 Å². The lowest BCUT2D eigenvalue weighted by Gasteiger charge is -2.19. The van der Waals surface area contributed by atoms with Crippen molar-refractivity contribution in [3.8, 4) is 0 Å². The number of rotatable bonds is 0. The molecule has 0 aromatic heterocycles. The molecule has 1 amide bonds. The maximum atomic E-state index is 11.7. The van der Waals surface area contributed by atoms with E-state index < -0.39 is 0 Å². The molecule has 2 nitrogen and oxygen atoms in total. The average molecular weight is 203 g/mol. The molecular formula is C11H9NOS. The van der Waals surface area contributed by atoms with E-state index in [2.05, 4.69) is 17.5 Å². The van der Waals surface area contributed by atoms with Crippen molar-refractivity contribution < 1.29 is 4.79 Å². The predicted octanol–water partition coefficient (Wildman–Crippen LogP) is 1.89. The predicted molar refractivity (Wildman–Crippen MR) is 56.1 cm³/mol. The third-order valence-corrected chi connectivity index (χ3v) is 3.97. The first-order chi connectivity index (χ1) is 6.86. The van der Waals surface area contributed by atoms with E-state index in [0.717, 1.165) is 0 Å². The summed E-state index contributed by atoms with van der Waals surface area (Å²) in [5.74, 6) is 0.135. The van der Waals surface area contributed by atoms with E-state index in [0.29, 0.717) is 5.25 Å². The Bertz CT molecular complexity index is 427. The van der Waals surface area contributed by atoms with Crippen molar-refractivity contribution in [3.05, 3.63) is 42.1 Å². The van der Waals surface area contributed by atoms with Gasteiger partial charge in [-0.1, -0.05) is 24.3 Å². The molecule has 2 aliphatic rings. The SMILES string of the molecule is O=C1NC=CC2Sc3ccccc3C12. The number of hydrogen-bond acceptors (Lipinski definition) is 2.